The van der Waals surface area contributed by atoms with Crippen LogP contribution in [0, 0.1) is 12.7 Å². The Labute approximate surface area is 173 Å². The minimum absolute atomic E-state index is 0.0432. The molecule has 0 spiro atoms. The highest BCUT2D eigenvalue weighted by molar-refractivity contribution is 5.95. The second-order valence-corrected chi connectivity index (χ2v) is 7.40. The lowest BCUT2D eigenvalue weighted by molar-refractivity contribution is -0.123. The molecule has 7 nitrogen and oxygen atoms in total. The van der Waals surface area contributed by atoms with Crippen LogP contribution in [0.1, 0.15) is 30.5 Å². The zero-order valence-electron chi connectivity index (χ0n) is 16.7. The van der Waals surface area contributed by atoms with Crippen LogP contribution in [-0.2, 0) is 22.6 Å². The fourth-order valence-corrected chi connectivity index (χ4v) is 3.65. The van der Waals surface area contributed by atoms with E-state index in [9.17, 15) is 14.0 Å². The maximum absolute atomic E-state index is 14.4. The number of ketones is 1. The summed E-state index contributed by atoms with van der Waals surface area (Å²) >= 11 is 0. The normalized spacial score (nSPS) is 13.2. The number of nitrogens with zero attached hydrogens (tertiary/aromatic N) is 5. The third-order valence-corrected chi connectivity index (χ3v) is 5.06. The molecule has 1 amide bonds. The van der Waals surface area contributed by atoms with Crippen LogP contribution in [0.2, 0.25) is 0 Å². The van der Waals surface area contributed by atoms with E-state index < -0.39 is 5.82 Å². The molecule has 0 atom stereocenters. The van der Waals surface area contributed by atoms with E-state index in [1.54, 1.807) is 23.2 Å². The van der Waals surface area contributed by atoms with E-state index in [0.717, 1.165) is 24.5 Å². The van der Waals surface area contributed by atoms with Crippen LogP contribution in [0.15, 0.2) is 42.9 Å². The summed E-state index contributed by atoms with van der Waals surface area (Å²) in [5, 5.41) is 4.38. The molecule has 0 aliphatic carbocycles. The van der Waals surface area contributed by atoms with E-state index in [4.69, 9.17) is 0 Å². The third-order valence-electron chi connectivity index (χ3n) is 5.06. The van der Waals surface area contributed by atoms with Crippen LogP contribution in [0.25, 0.3) is 11.3 Å². The van der Waals surface area contributed by atoms with Crippen LogP contribution in [0.4, 0.5) is 10.2 Å². The molecule has 4 rings (SSSR count). The average molecular weight is 407 g/mol. The van der Waals surface area contributed by atoms with Gasteiger partial charge in [-0.05, 0) is 37.1 Å². The monoisotopic (exact) mass is 407 g/mol. The Morgan fingerprint density at radius 3 is 2.80 bits per heavy atom. The number of rotatable bonds is 6. The highest BCUT2D eigenvalue weighted by atomic mass is 19.1. The summed E-state index contributed by atoms with van der Waals surface area (Å²) in [6.45, 7) is 3.31. The number of carbonyl (C=O) groups excluding carboxylic acids is 2. The number of fused-ring (bicyclic) bond motifs is 1. The van der Waals surface area contributed by atoms with Gasteiger partial charge in [0.05, 0.1) is 5.69 Å². The summed E-state index contributed by atoms with van der Waals surface area (Å²) in [5.41, 5.74) is 2.13. The number of pyridine rings is 2. The Hall–Kier alpha value is -3.42. The zero-order chi connectivity index (χ0) is 21.1. The fourth-order valence-electron chi connectivity index (χ4n) is 3.65. The zero-order valence-corrected chi connectivity index (χ0v) is 16.7. The number of aromatic nitrogens is 4. The number of carbonyl (C=O) groups is 2. The van der Waals surface area contributed by atoms with Crippen LogP contribution in [0.5, 0.6) is 0 Å². The van der Waals surface area contributed by atoms with Crippen molar-refractivity contribution in [3.8, 4) is 11.3 Å². The van der Waals surface area contributed by atoms with Crippen molar-refractivity contribution in [1.82, 2.24) is 19.7 Å². The molecule has 0 unspecified atom stereocenters. The minimum Gasteiger partial charge on any atom is -0.299 e. The summed E-state index contributed by atoms with van der Waals surface area (Å²) in [7, 11) is 0. The number of halogens is 1. The van der Waals surface area contributed by atoms with Crippen molar-refractivity contribution in [2.75, 3.05) is 11.4 Å². The van der Waals surface area contributed by atoms with Crippen molar-refractivity contribution in [2.24, 2.45) is 0 Å². The summed E-state index contributed by atoms with van der Waals surface area (Å²) in [5.74, 6) is 0.0654. The average Bonchev–Trinajstić information content (AvgIpc) is 3.13. The van der Waals surface area contributed by atoms with E-state index in [-0.39, 0.29) is 36.6 Å². The summed E-state index contributed by atoms with van der Waals surface area (Å²) < 4.78 is 16.2. The minimum atomic E-state index is -0.499. The van der Waals surface area contributed by atoms with Gasteiger partial charge in [-0.2, -0.15) is 5.10 Å². The predicted molar refractivity (Wildman–Crippen MR) is 109 cm³/mol. The van der Waals surface area contributed by atoms with Gasteiger partial charge in [0.25, 0.3) is 0 Å². The molecule has 0 N–H and O–H groups in total. The van der Waals surface area contributed by atoms with Crippen molar-refractivity contribution >= 4 is 17.5 Å². The van der Waals surface area contributed by atoms with Crippen molar-refractivity contribution < 1.29 is 14.0 Å². The molecule has 0 bridgehead atoms. The Morgan fingerprint density at radius 1 is 1.17 bits per heavy atom. The number of Topliss-reactive ketones (excluding diaryl/α,β-unsaturated/α-hetero) is 1. The van der Waals surface area contributed by atoms with E-state index in [1.165, 1.54) is 18.5 Å². The lowest BCUT2D eigenvalue weighted by Gasteiger charge is -2.27. The first-order valence-electron chi connectivity index (χ1n) is 9.92. The highest BCUT2D eigenvalue weighted by Gasteiger charge is 2.24. The van der Waals surface area contributed by atoms with E-state index >= 15 is 0 Å². The second-order valence-electron chi connectivity index (χ2n) is 7.40. The number of anilines is 1. The number of amides is 1. The molecule has 0 aromatic carbocycles. The molecule has 4 heterocycles. The van der Waals surface area contributed by atoms with Gasteiger partial charge in [-0.25, -0.2) is 9.07 Å². The molecule has 1 aliphatic heterocycles. The van der Waals surface area contributed by atoms with Gasteiger partial charge in [-0.3, -0.25) is 24.5 Å². The molecule has 30 heavy (non-hydrogen) atoms. The van der Waals surface area contributed by atoms with Gasteiger partial charge in [-0.15, -0.1) is 0 Å². The number of hydrogen-bond acceptors (Lipinski definition) is 5. The number of aryl methyl sites for hydroxylation is 2. The van der Waals surface area contributed by atoms with E-state index in [0.29, 0.717) is 17.7 Å². The smallest absolute Gasteiger partial charge is 0.228 e. The van der Waals surface area contributed by atoms with Gasteiger partial charge in [0, 0.05) is 62.6 Å². The van der Waals surface area contributed by atoms with Crippen LogP contribution < -0.4 is 4.90 Å². The topological polar surface area (TPSA) is 81.0 Å². The first-order valence-corrected chi connectivity index (χ1v) is 9.92. The molecule has 1 aliphatic rings. The summed E-state index contributed by atoms with van der Waals surface area (Å²) in [4.78, 5) is 34.8. The molecule has 3 aromatic rings. The largest absolute Gasteiger partial charge is 0.299 e. The Balaban J connectivity index is 1.35. The molecule has 0 saturated heterocycles. The van der Waals surface area contributed by atoms with Gasteiger partial charge >= 0.3 is 0 Å². The SMILES string of the molecule is Cc1cc2n(n1)CCCN2C(=O)CCC(=O)Cc1cnc(-c2cccnc2)c(F)c1. The third kappa shape index (κ3) is 4.27. The molecule has 0 radical (unpaired) electrons. The first kappa shape index (κ1) is 19.9. The van der Waals surface area contributed by atoms with Crippen LogP contribution in [0.3, 0.4) is 0 Å². The van der Waals surface area contributed by atoms with Gasteiger partial charge in [0.2, 0.25) is 5.91 Å². The first-order chi connectivity index (χ1) is 14.5. The Bertz CT molecular complexity index is 1080. The molecule has 0 saturated carbocycles. The molecule has 154 valence electrons. The predicted octanol–water partition coefficient (Wildman–Crippen LogP) is 3.12. The Morgan fingerprint density at radius 2 is 2.03 bits per heavy atom. The standard InChI is InChI=1S/C22H22FN5O2/c1-15-10-20-27(8-3-9-28(20)26-15)21(30)6-5-18(29)11-16-12-19(23)22(25-13-16)17-4-2-7-24-14-17/h2,4,7,10,12-14H,3,5-6,8-9,11H2,1H3. The van der Waals surface area contributed by atoms with Crippen molar-refractivity contribution in [2.45, 2.75) is 39.2 Å². The van der Waals surface area contributed by atoms with Crippen molar-refractivity contribution in [3.63, 3.8) is 0 Å². The van der Waals surface area contributed by atoms with Gasteiger partial charge < -0.3 is 0 Å². The van der Waals surface area contributed by atoms with E-state index in [1.807, 2.05) is 17.7 Å². The van der Waals surface area contributed by atoms with E-state index in [2.05, 4.69) is 15.1 Å². The van der Waals surface area contributed by atoms with Crippen molar-refractivity contribution in [1.29, 1.82) is 0 Å². The maximum atomic E-state index is 14.4. The van der Waals surface area contributed by atoms with Gasteiger partial charge in [0.1, 0.15) is 23.1 Å². The molecular formula is C22H22FN5O2. The van der Waals surface area contributed by atoms with Crippen LogP contribution in [-0.4, -0.2) is 38.0 Å². The molecule has 0 fully saturated rings. The lowest BCUT2D eigenvalue weighted by Crippen LogP contribution is -2.37. The number of hydrogen-bond donors (Lipinski definition) is 0. The van der Waals surface area contributed by atoms with Crippen molar-refractivity contribution in [3.05, 3.63) is 59.9 Å². The summed E-state index contributed by atoms with van der Waals surface area (Å²) in [6.07, 6.45) is 5.74. The summed E-state index contributed by atoms with van der Waals surface area (Å²) in [6, 6.07) is 6.64. The molecular weight excluding hydrogens is 385 g/mol. The van der Waals surface area contributed by atoms with Gasteiger partial charge in [-0.1, -0.05) is 0 Å². The molecule has 3 aromatic heterocycles. The highest BCUT2D eigenvalue weighted by Crippen LogP contribution is 2.23. The second kappa shape index (κ2) is 8.52. The maximum Gasteiger partial charge on any atom is 0.228 e. The molecule has 8 heteroatoms. The van der Waals surface area contributed by atoms with Crippen LogP contribution >= 0.6 is 0 Å². The quantitative estimate of drug-likeness (QED) is 0.627. The lowest BCUT2D eigenvalue weighted by atomic mass is 10.1. The Kier molecular flexibility index (Phi) is 5.65. The fraction of sp³-hybridized carbons (Fsp3) is 0.318. The van der Waals surface area contributed by atoms with Gasteiger partial charge in [0.15, 0.2) is 0 Å².